The molecule has 0 aliphatic carbocycles. The number of hydrogen-bond donors (Lipinski definition) is 1. The number of nitrogens with zero attached hydrogens (tertiary/aromatic N) is 2. The summed E-state index contributed by atoms with van der Waals surface area (Å²) in [5, 5.41) is 3.17. The highest BCUT2D eigenvalue weighted by Gasteiger charge is 2.25. The van der Waals surface area contributed by atoms with E-state index in [0.717, 1.165) is 12.8 Å². The third kappa shape index (κ3) is 3.72. The summed E-state index contributed by atoms with van der Waals surface area (Å²) in [5.41, 5.74) is -0.0538. The first-order valence-electron chi connectivity index (χ1n) is 6.86. The van der Waals surface area contributed by atoms with Gasteiger partial charge in [0, 0.05) is 36.3 Å². The van der Waals surface area contributed by atoms with Crippen LogP contribution < -0.4 is 10.9 Å². The topological polar surface area (TPSA) is 46.9 Å². The van der Waals surface area contributed by atoms with Crippen molar-refractivity contribution in [3.63, 3.8) is 0 Å². The Hall–Kier alpha value is -1.03. The molecule has 0 spiro atoms. The molecule has 1 N–H and O–H groups in total. The Labute approximate surface area is 120 Å². The molecular formula is C14H24ClN3O. The predicted octanol–water partition coefficient (Wildman–Crippen LogP) is 3.28. The van der Waals surface area contributed by atoms with Crippen LogP contribution in [0.2, 0.25) is 0 Å². The van der Waals surface area contributed by atoms with Gasteiger partial charge in [-0.15, -0.1) is 11.6 Å². The van der Waals surface area contributed by atoms with Crippen LogP contribution in [0.1, 0.15) is 46.6 Å². The molecule has 108 valence electrons. The average molecular weight is 286 g/mol. The summed E-state index contributed by atoms with van der Waals surface area (Å²) in [4.78, 5) is 16.3. The van der Waals surface area contributed by atoms with Crippen LogP contribution in [0.5, 0.6) is 0 Å². The van der Waals surface area contributed by atoms with E-state index in [2.05, 4.69) is 24.1 Å². The minimum Gasteiger partial charge on any atom is -0.365 e. The molecule has 0 saturated carbocycles. The minimum absolute atomic E-state index is 0.0220. The number of halogens is 1. The number of alkyl halides is 1. The van der Waals surface area contributed by atoms with Gasteiger partial charge in [0.05, 0.1) is 0 Å². The van der Waals surface area contributed by atoms with Crippen LogP contribution in [0.4, 0.5) is 5.82 Å². The molecule has 0 bridgehead atoms. The standard InChI is InChI=1S/C14H24ClN3O/c1-5-14(6-2,9-15)10-17-12-13(19)18(11(3)4)8-7-16-12/h7-8,11H,5-6,9-10H2,1-4H3,(H,16,17). The van der Waals surface area contributed by atoms with Gasteiger partial charge in [-0.05, 0) is 26.7 Å². The van der Waals surface area contributed by atoms with Gasteiger partial charge in [-0.25, -0.2) is 4.98 Å². The van der Waals surface area contributed by atoms with Gasteiger partial charge in [0.25, 0.3) is 5.56 Å². The van der Waals surface area contributed by atoms with Gasteiger partial charge < -0.3 is 9.88 Å². The minimum atomic E-state index is -0.0758. The molecule has 1 rings (SSSR count). The lowest BCUT2D eigenvalue weighted by Gasteiger charge is -2.29. The van der Waals surface area contributed by atoms with E-state index in [1.165, 1.54) is 0 Å². The second-order valence-corrected chi connectivity index (χ2v) is 5.54. The highest BCUT2D eigenvalue weighted by Crippen LogP contribution is 2.27. The lowest BCUT2D eigenvalue weighted by molar-refractivity contribution is 0.326. The maximum absolute atomic E-state index is 12.2. The Morgan fingerprint density at radius 2 is 2.05 bits per heavy atom. The first kappa shape index (κ1) is 16.0. The summed E-state index contributed by atoms with van der Waals surface area (Å²) in [6.45, 7) is 8.88. The van der Waals surface area contributed by atoms with Crippen molar-refractivity contribution in [3.05, 3.63) is 22.7 Å². The van der Waals surface area contributed by atoms with Crippen LogP contribution in [-0.4, -0.2) is 22.0 Å². The maximum atomic E-state index is 12.2. The maximum Gasteiger partial charge on any atom is 0.293 e. The van der Waals surface area contributed by atoms with E-state index in [-0.39, 0.29) is 17.0 Å². The Kier molecular flexibility index (Phi) is 5.85. The zero-order chi connectivity index (χ0) is 14.5. The summed E-state index contributed by atoms with van der Waals surface area (Å²) in [6.07, 6.45) is 5.33. The average Bonchev–Trinajstić information content (AvgIpc) is 2.42. The lowest BCUT2D eigenvalue weighted by atomic mass is 9.84. The molecule has 0 amide bonds. The highest BCUT2D eigenvalue weighted by atomic mass is 35.5. The molecule has 1 heterocycles. The fraction of sp³-hybridized carbons (Fsp3) is 0.714. The van der Waals surface area contributed by atoms with E-state index in [9.17, 15) is 4.79 Å². The Bertz CT molecular complexity index is 444. The van der Waals surface area contributed by atoms with Gasteiger partial charge >= 0.3 is 0 Å². The Morgan fingerprint density at radius 3 is 2.53 bits per heavy atom. The summed E-state index contributed by atoms with van der Waals surface area (Å²) in [6, 6.07) is 0.131. The van der Waals surface area contributed by atoms with Crippen molar-refractivity contribution in [1.82, 2.24) is 9.55 Å². The molecule has 0 unspecified atom stereocenters. The van der Waals surface area contributed by atoms with Crippen LogP contribution in [-0.2, 0) is 0 Å². The fourth-order valence-corrected chi connectivity index (χ4v) is 2.43. The number of aromatic nitrogens is 2. The van der Waals surface area contributed by atoms with E-state index < -0.39 is 0 Å². The molecule has 4 nitrogen and oxygen atoms in total. The highest BCUT2D eigenvalue weighted by molar-refractivity contribution is 6.18. The van der Waals surface area contributed by atoms with Crippen molar-refractivity contribution in [2.45, 2.75) is 46.6 Å². The summed E-state index contributed by atoms with van der Waals surface area (Å²) in [5.74, 6) is 0.991. The molecule has 0 saturated heterocycles. The van der Waals surface area contributed by atoms with E-state index >= 15 is 0 Å². The summed E-state index contributed by atoms with van der Waals surface area (Å²) >= 11 is 6.07. The lowest BCUT2D eigenvalue weighted by Crippen LogP contribution is -2.33. The third-order valence-corrected chi connectivity index (χ3v) is 4.41. The zero-order valence-electron chi connectivity index (χ0n) is 12.2. The van der Waals surface area contributed by atoms with Crippen LogP contribution in [0.3, 0.4) is 0 Å². The zero-order valence-corrected chi connectivity index (χ0v) is 13.0. The van der Waals surface area contributed by atoms with Gasteiger partial charge in [-0.1, -0.05) is 13.8 Å². The Morgan fingerprint density at radius 1 is 1.42 bits per heavy atom. The molecule has 0 aliphatic rings. The van der Waals surface area contributed by atoms with Crippen molar-refractivity contribution in [2.24, 2.45) is 5.41 Å². The van der Waals surface area contributed by atoms with Crippen LogP contribution in [0, 0.1) is 5.41 Å². The summed E-state index contributed by atoms with van der Waals surface area (Å²) in [7, 11) is 0. The van der Waals surface area contributed by atoms with Crippen LogP contribution in [0.25, 0.3) is 0 Å². The molecule has 0 aliphatic heterocycles. The largest absolute Gasteiger partial charge is 0.365 e. The Balaban J connectivity index is 2.89. The van der Waals surface area contributed by atoms with E-state index in [0.29, 0.717) is 18.2 Å². The molecule has 19 heavy (non-hydrogen) atoms. The van der Waals surface area contributed by atoms with Gasteiger partial charge in [0.2, 0.25) is 0 Å². The van der Waals surface area contributed by atoms with Gasteiger partial charge in [0.1, 0.15) is 0 Å². The normalized spacial score (nSPS) is 11.9. The van der Waals surface area contributed by atoms with Gasteiger partial charge in [0.15, 0.2) is 5.82 Å². The van der Waals surface area contributed by atoms with E-state index in [1.807, 2.05) is 13.8 Å². The molecule has 0 aromatic carbocycles. The second-order valence-electron chi connectivity index (χ2n) is 5.28. The molecule has 0 atom stereocenters. The number of hydrogen-bond acceptors (Lipinski definition) is 3. The third-order valence-electron chi connectivity index (χ3n) is 3.84. The van der Waals surface area contributed by atoms with Crippen LogP contribution >= 0.6 is 11.6 Å². The van der Waals surface area contributed by atoms with Crippen molar-refractivity contribution in [2.75, 3.05) is 17.7 Å². The molecule has 1 aromatic rings. The van der Waals surface area contributed by atoms with Crippen molar-refractivity contribution < 1.29 is 0 Å². The van der Waals surface area contributed by atoms with Crippen molar-refractivity contribution in [1.29, 1.82) is 0 Å². The first-order chi connectivity index (χ1) is 8.99. The monoisotopic (exact) mass is 285 g/mol. The number of rotatable bonds is 7. The molecular weight excluding hydrogens is 262 g/mol. The second kappa shape index (κ2) is 6.94. The first-order valence-corrected chi connectivity index (χ1v) is 7.40. The van der Waals surface area contributed by atoms with Gasteiger partial charge in [-0.2, -0.15) is 0 Å². The number of anilines is 1. The predicted molar refractivity (Wildman–Crippen MR) is 81.1 cm³/mol. The van der Waals surface area contributed by atoms with Crippen molar-refractivity contribution >= 4 is 17.4 Å². The molecule has 0 radical (unpaired) electrons. The van der Waals surface area contributed by atoms with Gasteiger partial charge in [-0.3, -0.25) is 4.79 Å². The van der Waals surface area contributed by atoms with Crippen LogP contribution in [0.15, 0.2) is 17.2 Å². The quantitative estimate of drug-likeness (QED) is 0.782. The SMILES string of the molecule is CCC(CC)(CCl)CNc1nccn(C(C)C)c1=O. The smallest absolute Gasteiger partial charge is 0.293 e. The molecule has 1 aromatic heterocycles. The van der Waals surface area contributed by atoms with E-state index in [1.54, 1.807) is 17.0 Å². The number of nitrogens with one attached hydrogen (secondary N) is 1. The summed E-state index contributed by atoms with van der Waals surface area (Å²) < 4.78 is 1.68. The molecule has 5 heteroatoms. The van der Waals surface area contributed by atoms with Crippen molar-refractivity contribution in [3.8, 4) is 0 Å². The molecule has 0 fully saturated rings. The fourth-order valence-electron chi connectivity index (χ4n) is 1.96. The van der Waals surface area contributed by atoms with E-state index in [4.69, 9.17) is 11.6 Å².